The summed E-state index contributed by atoms with van der Waals surface area (Å²) in [5.41, 5.74) is 3.67. The number of methoxy groups -OCH3 is 1. The van der Waals surface area contributed by atoms with Gasteiger partial charge in [0, 0.05) is 13.2 Å². The van der Waals surface area contributed by atoms with Gasteiger partial charge >= 0.3 is 5.69 Å². The summed E-state index contributed by atoms with van der Waals surface area (Å²) in [5, 5.41) is 0. The zero-order valence-electron chi connectivity index (χ0n) is 19.7. The molecule has 0 bridgehead atoms. The molecule has 176 valence electrons. The number of hydrogen-bond acceptors (Lipinski definition) is 5. The van der Waals surface area contributed by atoms with E-state index in [1.807, 2.05) is 60.9 Å². The van der Waals surface area contributed by atoms with Crippen LogP contribution in [-0.4, -0.2) is 38.5 Å². The third kappa shape index (κ3) is 3.84. The van der Waals surface area contributed by atoms with Crippen molar-refractivity contribution in [2.24, 2.45) is 0 Å². The lowest BCUT2D eigenvalue weighted by atomic mass is 10.1. The molecule has 2 aromatic heterocycles. The summed E-state index contributed by atoms with van der Waals surface area (Å²) in [6.07, 6.45) is 3.25. The Hall–Kier alpha value is -3.65. The molecule has 0 radical (unpaired) electrons. The molecule has 1 aliphatic heterocycles. The van der Waals surface area contributed by atoms with Crippen molar-refractivity contribution in [3.05, 3.63) is 86.3 Å². The fourth-order valence-corrected chi connectivity index (χ4v) is 4.74. The van der Waals surface area contributed by atoms with Gasteiger partial charge in [-0.05, 0) is 55.5 Å². The average molecular weight is 461 g/mol. The average Bonchev–Trinajstić information content (AvgIpc) is 3.49. The van der Waals surface area contributed by atoms with Crippen LogP contribution in [0.4, 0.5) is 0 Å². The van der Waals surface area contributed by atoms with Crippen LogP contribution in [0, 0.1) is 13.8 Å². The van der Waals surface area contributed by atoms with Crippen molar-refractivity contribution in [1.82, 2.24) is 18.7 Å². The normalized spacial score (nSPS) is 15.8. The molecule has 34 heavy (non-hydrogen) atoms. The van der Waals surface area contributed by atoms with Gasteiger partial charge in [-0.25, -0.2) is 14.3 Å². The van der Waals surface area contributed by atoms with Crippen molar-refractivity contribution in [2.45, 2.75) is 45.9 Å². The maximum absolute atomic E-state index is 13.7. The molecule has 0 N–H and O–H groups in total. The van der Waals surface area contributed by atoms with Gasteiger partial charge in [0.15, 0.2) is 11.2 Å². The quantitative estimate of drug-likeness (QED) is 0.442. The van der Waals surface area contributed by atoms with Gasteiger partial charge in [-0.1, -0.05) is 30.3 Å². The number of nitrogens with zero attached hydrogens (tertiary/aromatic N) is 4. The van der Waals surface area contributed by atoms with Crippen LogP contribution in [-0.2, 0) is 17.8 Å². The van der Waals surface area contributed by atoms with Crippen LogP contribution in [0.25, 0.3) is 16.9 Å². The van der Waals surface area contributed by atoms with Crippen molar-refractivity contribution in [1.29, 1.82) is 0 Å². The molecule has 4 aromatic rings. The Morgan fingerprint density at radius 2 is 1.82 bits per heavy atom. The highest BCUT2D eigenvalue weighted by atomic mass is 16.5. The summed E-state index contributed by atoms with van der Waals surface area (Å²) < 4.78 is 15.7. The van der Waals surface area contributed by atoms with Gasteiger partial charge in [0.25, 0.3) is 5.56 Å². The molecule has 3 heterocycles. The topological polar surface area (TPSA) is 80.3 Å². The SMILES string of the molecule is COc1ccc(Cn2cnc3c2c(=O)n(C[C@@H]2CCCO2)c(=O)n3-c2c(C)cccc2C)cc1. The van der Waals surface area contributed by atoms with E-state index in [-0.39, 0.29) is 23.9 Å². The molecule has 0 aliphatic carbocycles. The van der Waals surface area contributed by atoms with Gasteiger partial charge in [0.05, 0.1) is 31.8 Å². The van der Waals surface area contributed by atoms with E-state index in [9.17, 15) is 9.59 Å². The van der Waals surface area contributed by atoms with E-state index in [4.69, 9.17) is 9.47 Å². The Balaban J connectivity index is 1.73. The molecule has 1 aliphatic rings. The number of rotatable bonds is 6. The predicted octanol–water partition coefficient (Wildman–Crippen LogP) is 3.20. The number of hydrogen-bond donors (Lipinski definition) is 0. The largest absolute Gasteiger partial charge is 0.497 e. The second-order valence-electron chi connectivity index (χ2n) is 8.80. The van der Waals surface area contributed by atoms with Crippen LogP contribution < -0.4 is 16.0 Å². The zero-order valence-corrected chi connectivity index (χ0v) is 19.7. The number of aromatic nitrogens is 4. The van der Waals surface area contributed by atoms with Crippen LogP contribution in [0.1, 0.15) is 29.5 Å². The van der Waals surface area contributed by atoms with Gasteiger partial charge in [-0.15, -0.1) is 0 Å². The van der Waals surface area contributed by atoms with Crippen molar-refractivity contribution >= 4 is 11.2 Å². The van der Waals surface area contributed by atoms with Gasteiger partial charge < -0.3 is 14.0 Å². The fraction of sp³-hybridized carbons (Fsp3) is 0.346. The minimum Gasteiger partial charge on any atom is -0.497 e. The van der Waals surface area contributed by atoms with Crippen molar-refractivity contribution in [3.8, 4) is 11.4 Å². The van der Waals surface area contributed by atoms with E-state index in [2.05, 4.69) is 4.98 Å². The number of imidazole rings is 1. The molecular formula is C26H28N4O4. The maximum atomic E-state index is 13.7. The molecule has 0 saturated carbocycles. The van der Waals surface area contributed by atoms with Crippen LogP contribution >= 0.6 is 0 Å². The molecule has 8 nitrogen and oxygen atoms in total. The first kappa shape index (κ1) is 22.2. The summed E-state index contributed by atoms with van der Waals surface area (Å²) in [5.74, 6) is 0.766. The van der Waals surface area contributed by atoms with E-state index >= 15 is 0 Å². The maximum Gasteiger partial charge on any atom is 0.337 e. The molecule has 0 spiro atoms. The van der Waals surface area contributed by atoms with E-state index in [1.54, 1.807) is 18.0 Å². The summed E-state index contributed by atoms with van der Waals surface area (Å²) in [6, 6.07) is 13.6. The standard InChI is InChI=1S/C26H28N4O4/c1-17-6-4-7-18(2)22(17)30-24-23(25(31)29(26(30)32)15-21-8-5-13-34-21)28(16-27-24)14-19-9-11-20(33-3)12-10-19/h4,6-7,9-12,16,21H,5,8,13-15H2,1-3H3/t21-/m0/s1. The first-order chi connectivity index (χ1) is 16.5. The molecular weight excluding hydrogens is 432 g/mol. The second-order valence-corrected chi connectivity index (χ2v) is 8.80. The lowest BCUT2D eigenvalue weighted by Gasteiger charge is -2.17. The summed E-state index contributed by atoms with van der Waals surface area (Å²) in [7, 11) is 1.63. The lowest BCUT2D eigenvalue weighted by molar-refractivity contribution is 0.0950. The highest BCUT2D eigenvalue weighted by molar-refractivity contribution is 5.73. The van der Waals surface area contributed by atoms with Crippen LogP contribution in [0.5, 0.6) is 5.75 Å². The van der Waals surface area contributed by atoms with Crippen LogP contribution in [0.15, 0.2) is 58.4 Å². The number of ether oxygens (including phenoxy) is 2. The van der Waals surface area contributed by atoms with E-state index in [0.29, 0.717) is 24.3 Å². The molecule has 8 heteroatoms. The second kappa shape index (κ2) is 8.95. The Labute approximate surface area is 197 Å². The van der Waals surface area contributed by atoms with Crippen LogP contribution in [0.3, 0.4) is 0 Å². The molecule has 2 aromatic carbocycles. The zero-order chi connectivity index (χ0) is 23.8. The van der Waals surface area contributed by atoms with Crippen molar-refractivity contribution in [3.63, 3.8) is 0 Å². The highest BCUT2D eigenvalue weighted by Gasteiger charge is 2.24. The van der Waals surface area contributed by atoms with Gasteiger partial charge in [-0.3, -0.25) is 9.36 Å². The first-order valence-electron chi connectivity index (χ1n) is 11.5. The predicted molar refractivity (Wildman–Crippen MR) is 130 cm³/mol. The number of fused-ring (bicyclic) bond motifs is 1. The third-order valence-electron chi connectivity index (χ3n) is 6.49. The monoisotopic (exact) mass is 460 g/mol. The van der Waals surface area contributed by atoms with E-state index in [0.717, 1.165) is 41.0 Å². The molecule has 1 atom stereocenters. The van der Waals surface area contributed by atoms with Crippen LogP contribution in [0.2, 0.25) is 0 Å². The number of aryl methyl sites for hydroxylation is 2. The van der Waals surface area contributed by atoms with Crippen molar-refractivity contribution in [2.75, 3.05) is 13.7 Å². The Morgan fingerprint density at radius 3 is 2.47 bits per heavy atom. The minimum absolute atomic E-state index is 0.146. The summed E-state index contributed by atoms with van der Waals surface area (Å²) in [6.45, 7) is 5.25. The van der Waals surface area contributed by atoms with Gasteiger partial charge in [0.1, 0.15) is 5.75 Å². The third-order valence-corrected chi connectivity index (χ3v) is 6.49. The molecule has 0 unspecified atom stereocenters. The highest BCUT2D eigenvalue weighted by Crippen LogP contribution is 2.22. The van der Waals surface area contributed by atoms with E-state index < -0.39 is 0 Å². The molecule has 0 amide bonds. The first-order valence-corrected chi connectivity index (χ1v) is 11.5. The fourth-order valence-electron chi connectivity index (χ4n) is 4.74. The Bertz CT molecular complexity index is 1440. The Kier molecular flexibility index (Phi) is 5.83. The lowest BCUT2D eigenvalue weighted by Crippen LogP contribution is -2.42. The Morgan fingerprint density at radius 1 is 1.09 bits per heavy atom. The minimum atomic E-state index is -0.389. The van der Waals surface area contributed by atoms with Crippen molar-refractivity contribution < 1.29 is 9.47 Å². The van der Waals surface area contributed by atoms with Gasteiger partial charge in [0.2, 0.25) is 0 Å². The molecule has 5 rings (SSSR count). The van der Waals surface area contributed by atoms with E-state index in [1.165, 1.54) is 4.57 Å². The molecule has 1 fully saturated rings. The number of benzene rings is 2. The van der Waals surface area contributed by atoms with Gasteiger partial charge in [-0.2, -0.15) is 0 Å². The molecule has 1 saturated heterocycles. The smallest absolute Gasteiger partial charge is 0.337 e. The number of para-hydroxylation sites is 1. The summed E-state index contributed by atoms with van der Waals surface area (Å²) >= 11 is 0. The summed E-state index contributed by atoms with van der Waals surface area (Å²) in [4.78, 5) is 32.0.